The first kappa shape index (κ1) is 30.5. The zero-order chi connectivity index (χ0) is 25.0. The van der Waals surface area contributed by atoms with E-state index in [2.05, 4.69) is 39.2 Å². The van der Waals surface area contributed by atoms with Crippen molar-refractivity contribution in [1.82, 2.24) is 25.1 Å². The molecule has 3 aliphatic rings. The van der Waals surface area contributed by atoms with Gasteiger partial charge >= 0.3 is 0 Å². The summed E-state index contributed by atoms with van der Waals surface area (Å²) < 4.78 is 0. The molecule has 2 aromatic rings. The third-order valence-electron chi connectivity index (χ3n) is 8.59. The van der Waals surface area contributed by atoms with Crippen LogP contribution >= 0.6 is 24.8 Å². The van der Waals surface area contributed by atoms with Gasteiger partial charge in [-0.25, -0.2) is 4.98 Å². The average Bonchev–Trinajstić information content (AvgIpc) is 3.38. The Morgan fingerprint density at radius 1 is 1.03 bits per heavy atom. The van der Waals surface area contributed by atoms with Crippen LogP contribution in [-0.2, 0) is 16.1 Å². The number of H-pyrrole nitrogens is 1. The lowest BCUT2D eigenvalue weighted by Crippen LogP contribution is -2.73. The number of piperazine rings is 1. The molecular weight excluding hydrogens is 521 g/mol. The van der Waals surface area contributed by atoms with Crippen LogP contribution in [0.4, 0.5) is 0 Å². The Hall–Kier alpha value is -2.09. The normalized spacial score (nSPS) is 22.0. The Labute approximate surface area is 239 Å². The Kier molecular flexibility index (Phi) is 11.1. The van der Waals surface area contributed by atoms with Gasteiger partial charge in [-0.1, -0.05) is 75.8 Å². The van der Waals surface area contributed by atoms with Crippen molar-refractivity contribution in [1.29, 1.82) is 0 Å². The van der Waals surface area contributed by atoms with E-state index >= 15 is 0 Å². The fourth-order valence-electron chi connectivity index (χ4n) is 6.43. The molecule has 0 radical (unpaired) electrons. The van der Waals surface area contributed by atoms with E-state index in [-0.39, 0.29) is 42.7 Å². The molecule has 1 saturated carbocycles. The van der Waals surface area contributed by atoms with Gasteiger partial charge in [-0.2, -0.15) is 0 Å². The number of imidazole rings is 1. The summed E-state index contributed by atoms with van der Waals surface area (Å²) in [5.41, 5.74) is 1.45. The molecule has 0 bridgehead atoms. The number of unbranched alkanes of at least 4 members (excludes halogenated alkanes) is 1. The number of benzene rings is 1. The van der Waals surface area contributed by atoms with Crippen LogP contribution in [0.5, 0.6) is 0 Å². The third kappa shape index (κ3) is 6.54. The average molecular weight is 565 g/mol. The quantitative estimate of drug-likeness (QED) is 0.453. The monoisotopic (exact) mass is 563 g/mol. The number of nitrogens with one attached hydrogen (secondary N) is 2. The highest BCUT2D eigenvalue weighted by molar-refractivity contribution is 6.00. The van der Waals surface area contributed by atoms with Crippen LogP contribution in [-0.4, -0.2) is 62.8 Å². The molecule has 210 valence electrons. The van der Waals surface area contributed by atoms with Crippen LogP contribution < -0.4 is 5.32 Å². The SMILES string of the molecule is CCCCN1C(=O)C(CC2CCCCC2)NC(=O)C12CCN(Cc1cnc(-c3ccccc3)[nH]1)CC2.Cl.Cl. The minimum atomic E-state index is -0.699. The zero-order valence-corrected chi connectivity index (χ0v) is 24.1. The van der Waals surface area contributed by atoms with Crippen LogP contribution in [0.1, 0.15) is 76.8 Å². The molecule has 1 aromatic carbocycles. The molecule has 5 rings (SSSR count). The van der Waals surface area contributed by atoms with Crippen molar-refractivity contribution in [2.75, 3.05) is 19.6 Å². The lowest BCUT2D eigenvalue weighted by atomic mass is 9.79. The van der Waals surface area contributed by atoms with Gasteiger partial charge in [0.05, 0.1) is 0 Å². The van der Waals surface area contributed by atoms with Crippen molar-refractivity contribution in [2.24, 2.45) is 5.92 Å². The maximum atomic E-state index is 13.7. The van der Waals surface area contributed by atoms with Crippen LogP contribution in [0, 0.1) is 5.92 Å². The van der Waals surface area contributed by atoms with Crippen molar-refractivity contribution in [3.05, 3.63) is 42.2 Å². The molecule has 7 nitrogen and oxygen atoms in total. The number of piperidine rings is 1. The number of carbonyl (C=O) groups excluding carboxylic acids is 2. The molecule has 9 heteroatoms. The van der Waals surface area contributed by atoms with Gasteiger partial charge in [0.25, 0.3) is 0 Å². The minimum absolute atomic E-state index is 0. The van der Waals surface area contributed by atoms with Gasteiger partial charge in [-0.3, -0.25) is 14.5 Å². The molecule has 2 amide bonds. The first-order chi connectivity index (χ1) is 17.6. The molecule has 1 atom stereocenters. The lowest BCUT2D eigenvalue weighted by molar-refractivity contribution is -0.162. The first-order valence-corrected chi connectivity index (χ1v) is 14.0. The number of halogens is 2. The van der Waals surface area contributed by atoms with Crippen LogP contribution in [0.25, 0.3) is 11.4 Å². The van der Waals surface area contributed by atoms with Gasteiger partial charge in [-0.15, -0.1) is 24.8 Å². The van der Waals surface area contributed by atoms with E-state index in [1.165, 1.54) is 32.1 Å². The molecule has 2 saturated heterocycles. The summed E-state index contributed by atoms with van der Waals surface area (Å²) in [4.78, 5) is 39.7. The van der Waals surface area contributed by atoms with Crippen molar-refractivity contribution < 1.29 is 9.59 Å². The summed E-state index contributed by atoms with van der Waals surface area (Å²) >= 11 is 0. The second-order valence-electron chi connectivity index (χ2n) is 11.0. The summed E-state index contributed by atoms with van der Waals surface area (Å²) in [6, 6.07) is 9.80. The zero-order valence-electron chi connectivity index (χ0n) is 22.5. The van der Waals surface area contributed by atoms with E-state index in [1.54, 1.807) is 0 Å². The van der Waals surface area contributed by atoms with Crippen LogP contribution in [0.15, 0.2) is 36.5 Å². The van der Waals surface area contributed by atoms with Crippen molar-refractivity contribution in [3.8, 4) is 11.4 Å². The van der Waals surface area contributed by atoms with Crippen LogP contribution in [0.3, 0.4) is 0 Å². The molecule has 3 heterocycles. The van der Waals surface area contributed by atoms with Gasteiger partial charge in [0.15, 0.2) is 0 Å². The Balaban J connectivity index is 0.00000200. The predicted molar refractivity (Wildman–Crippen MR) is 156 cm³/mol. The predicted octanol–water partition coefficient (Wildman–Crippen LogP) is 5.35. The largest absolute Gasteiger partial charge is 0.342 e. The smallest absolute Gasteiger partial charge is 0.246 e. The van der Waals surface area contributed by atoms with Crippen molar-refractivity contribution in [3.63, 3.8) is 0 Å². The van der Waals surface area contributed by atoms with E-state index in [0.29, 0.717) is 25.3 Å². The third-order valence-corrected chi connectivity index (χ3v) is 8.59. The van der Waals surface area contributed by atoms with E-state index in [4.69, 9.17) is 0 Å². The van der Waals surface area contributed by atoms with Crippen molar-refractivity contribution >= 4 is 36.6 Å². The molecule has 2 aliphatic heterocycles. The molecular formula is C29H43Cl2N5O2. The molecule has 1 unspecified atom stereocenters. The number of hydrogen-bond donors (Lipinski definition) is 2. The number of hydrogen-bond acceptors (Lipinski definition) is 4. The number of rotatable bonds is 8. The summed E-state index contributed by atoms with van der Waals surface area (Å²) in [6.45, 7) is 5.18. The molecule has 3 fully saturated rings. The van der Waals surface area contributed by atoms with Crippen molar-refractivity contribution in [2.45, 2.75) is 89.3 Å². The van der Waals surface area contributed by atoms with Gasteiger partial charge in [0.2, 0.25) is 11.8 Å². The Bertz CT molecular complexity index is 1030. The van der Waals surface area contributed by atoms with E-state index < -0.39 is 5.54 Å². The fourth-order valence-corrected chi connectivity index (χ4v) is 6.43. The number of likely N-dealkylation sites (tertiary alicyclic amines) is 1. The molecule has 1 aromatic heterocycles. The summed E-state index contributed by atoms with van der Waals surface area (Å²) in [7, 11) is 0. The number of carbonyl (C=O) groups is 2. The van der Waals surface area contributed by atoms with Gasteiger partial charge in [0, 0.05) is 43.6 Å². The van der Waals surface area contributed by atoms with Gasteiger partial charge in [-0.05, 0) is 31.6 Å². The maximum absolute atomic E-state index is 13.7. The summed E-state index contributed by atoms with van der Waals surface area (Å²) in [5, 5.41) is 3.20. The summed E-state index contributed by atoms with van der Waals surface area (Å²) in [6.07, 6.45) is 12.2. The Morgan fingerprint density at radius 2 is 1.74 bits per heavy atom. The minimum Gasteiger partial charge on any atom is -0.342 e. The second-order valence-corrected chi connectivity index (χ2v) is 11.0. The van der Waals surface area contributed by atoms with E-state index in [0.717, 1.165) is 56.0 Å². The Morgan fingerprint density at radius 3 is 2.42 bits per heavy atom. The second kappa shape index (κ2) is 13.8. The summed E-state index contributed by atoms with van der Waals surface area (Å²) in [5.74, 6) is 1.67. The fraction of sp³-hybridized carbons (Fsp3) is 0.621. The highest BCUT2D eigenvalue weighted by Gasteiger charge is 2.53. The van der Waals surface area contributed by atoms with Gasteiger partial charge in [0.1, 0.15) is 17.4 Å². The highest BCUT2D eigenvalue weighted by atomic mass is 35.5. The molecule has 2 N–H and O–H groups in total. The number of aromatic nitrogens is 2. The maximum Gasteiger partial charge on any atom is 0.246 e. The molecule has 1 aliphatic carbocycles. The number of nitrogens with zero attached hydrogens (tertiary/aromatic N) is 3. The standard InChI is InChI=1S/C29H41N5O2.2ClH/c1-2-3-16-34-27(35)25(19-22-10-6-4-7-11-22)32-28(36)29(34)14-17-33(18-15-29)21-24-20-30-26(31-24)23-12-8-5-9-13-23;;/h5,8-9,12-13,20,22,25H,2-4,6-7,10-11,14-19,21H2,1H3,(H,30,31)(H,32,36);2*1H. The molecule has 38 heavy (non-hydrogen) atoms. The topological polar surface area (TPSA) is 81.3 Å². The highest BCUT2D eigenvalue weighted by Crippen LogP contribution is 2.36. The number of amides is 2. The first-order valence-electron chi connectivity index (χ1n) is 14.0. The lowest BCUT2D eigenvalue weighted by Gasteiger charge is -2.52. The van der Waals surface area contributed by atoms with Crippen LogP contribution in [0.2, 0.25) is 0 Å². The molecule has 1 spiro atoms. The van der Waals surface area contributed by atoms with Gasteiger partial charge < -0.3 is 15.2 Å². The number of aromatic amines is 1. The van der Waals surface area contributed by atoms with E-state index in [1.807, 2.05) is 29.3 Å². The van der Waals surface area contributed by atoms with E-state index in [9.17, 15) is 9.59 Å².